The Morgan fingerprint density at radius 1 is 1.47 bits per heavy atom. The summed E-state index contributed by atoms with van der Waals surface area (Å²) in [4.78, 5) is 23.3. The van der Waals surface area contributed by atoms with Gasteiger partial charge in [0.2, 0.25) is 0 Å². The maximum Gasteiger partial charge on any atom is 0.339 e. The number of carbonyl (C=O) groups excluding carboxylic acids is 2. The molecule has 1 aromatic rings. The number of benzene rings is 1. The van der Waals surface area contributed by atoms with Crippen molar-refractivity contribution >= 4 is 45.9 Å². The van der Waals surface area contributed by atoms with E-state index in [0.717, 1.165) is 3.57 Å². The van der Waals surface area contributed by atoms with Crippen molar-refractivity contribution in [3.05, 3.63) is 32.9 Å². The number of ketones is 1. The monoisotopic (exact) mass is 366 g/mol. The van der Waals surface area contributed by atoms with Crippen LogP contribution in [0.2, 0.25) is 0 Å². The zero-order valence-electron chi connectivity index (χ0n) is 9.50. The van der Waals surface area contributed by atoms with Crippen LogP contribution in [0.1, 0.15) is 34.6 Å². The molecular formula is C12H12ClIO3. The second-order valence-corrected chi connectivity index (χ2v) is 5.21. The fourth-order valence-electron chi connectivity index (χ4n) is 1.27. The molecule has 0 radical (unpaired) electrons. The van der Waals surface area contributed by atoms with E-state index < -0.39 is 11.3 Å². The van der Waals surface area contributed by atoms with Crippen LogP contribution in [-0.4, -0.2) is 23.7 Å². The molecule has 0 saturated heterocycles. The molecule has 0 saturated carbocycles. The predicted molar refractivity (Wildman–Crippen MR) is 74.8 cm³/mol. The van der Waals surface area contributed by atoms with Crippen molar-refractivity contribution in [1.82, 2.24) is 0 Å². The molecule has 0 spiro atoms. The lowest BCUT2D eigenvalue weighted by molar-refractivity contribution is 0.0525. The molecule has 0 aliphatic heterocycles. The molecule has 17 heavy (non-hydrogen) atoms. The predicted octanol–water partition coefficient (Wildman–Crippen LogP) is 3.28. The first kappa shape index (κ1) is 14.4. The Labute approximate surface area is 119 Å². The van der Waals surface area contributed by atoms with Crippen molar-refractivity contribution in [2.24, 2.45) is 0 Å². The Morgan fingerprint density at radius 3 is 2.65 bits per heavy atom. The number of halogens is 2. The maximum absolute atomic E-state index is 11.7. The minimum Gasteiger partial charge on any atom is -0.462 e. The molecule has 0 aliphatic carbocycles. The first-order chi connectivity index (χ1) is 7.97. The Bertz CT molecular complexity index is 443. The zero-order chi connectivity index (χ0) is 13.0. The van der Waals surface area contributed by atoms with Crippen LogP contribution in [0.3, 0.4) is 0 Å². The number of carbonyl (C=O) groups is 2. The summed E-state index contributed by atoms with van der Waals surface area (Å²) >= 11 is 7.76. The van der Waals surface area contributed by atoms with E-state index in [1.165, 1.54) is 6.07 Å². The molecule has 0 amide bonds. The fourth-order valence-corrected chi connectivity index (χ4v) is 1.96. The van der Waals surface area contributed by atoms with Gasteiger partial charge in [-0.1, -0.05) is 6.07 Å². The van der Waals surface area contributed by atoms with Gasteiger partial charge in [0.1, 0.15) is 0 Å². The van der Waals surface area contributed by atoms with Gasteiger partial charge in [-0.25, -0.2) is 4.79 Å². The third-order valence-corrected chi connectivity index (χ3v) is 3.25. The molecule has 0 N–H and O–H groups in total. The van der Waals surface area contributed by atoms with E-state index in [-0.39, 0.29) is 5.78 Å². The van der Waals surface area contributed by atoms with E-state index in [0.29, 0.717) is 17.7 Å². The van der Waals surface area contributed by atoms with Gasteiger partial charge in [-0.3, -0.25) is 4.79 Å². The quantitative estimate of drug-likeness (QED) is 0.355. The van der Waals surface area contributed by atoms with Crippen molar-refractivity contribution in [3.8, 4) is 0 Å². The van der Waals surface area contributed by atoms with Gasteiger partial charge in [-0.2, -0.15) is 0 Å². The first-order valence-corrected chi connectivity index (χ1v) is 6.63. The van der Waals surface area contributed by atoms with Crippen molar-refractivity contribution in [2.75, 3.05) is 6.61 Å². The molecule has 1 aromatic carbocycles. The molecule has 0 fully saturated rings. The standard InChI is InChI=1S/C12H12ClIO3/c1-3-17-12(16)9-6-8(4-5-10(9)14)11(15)7(2)13/h4-7H,3H2,1-2H3. The highest BCUT2D eigenvalue weighted by Gasteiger charge is 2.17. The van der Waals surface area contributed by atoms with E-state index in [9.17, 15) is 9.59 Å². The fraction of sp³-hybridized carbons (Fsp3) is 0.333. The number of ether oxygens (including phenoxy) is 1. The molecule has 92 valence electrons. The lowest BCUT2D eigenvalue weighted by Gasteiger charge is -2.07. The van der Waals surface area contributed by atoms with Gasteiger partial charge < -0.3 is 4.74 Å². The third kappa shape index (κ3) is 3.67. The van der Waals surface area contributed by atoms with Crippen LogP contribution in [0.15, 0.2) is 18.2 Å². The van der Waals surface area contributed by atoms with Gasteiger partial charge in [0, 0.05) is 9.13 Å². The summed E-state index contributed by atoms with van der Waals surface area (Å²) in [7, 11) is 0. The van der Waals surface area contributed by atoms with Crippen LogP contribution in [0, 0.1) is 3.57 Å². The number of hydrogen-bond acceptors (Lipinski definition) is 3. The second kappa shape index (κ2) is 6.35. The van der Waals surface area contributed by atoms with Gasteiger partial charge in [0.05, 0.1) is 17.5 Å². The van der Waals surface area contributed by atoms with Crippen LogP contribution < -0.4 is 0 Å². The van der Waals surface area contributed by atoms with Crippen LogP contribution in [-0.2, 0) is 4.74 Å². The molecule has 1 unspecified atom stereocenters. The summed E-state index contributed by atoms with van der Waals surface area (Å²) in [5.74, 6) is -0.623. The van der Waals surface area contributed by atoms with Crippen molar-refractivity contribution in [1.29, 1.82) is 0 Å². The Hall–Kier alpha value is -0.620. The molecular weight excluding hydrogens is 354 g/mol. The van der Waals surface area contributed by atoms with Gasteiger partial charge in [-0.05, 0) is 48.6 Å². The zero-order valence-corrected chi connectivity index (χ0v) is 12.4. The van der Waals surface area contributed by atoms with Crippen LogP contribution in [0.25, 0.3) is 0 Å². The van der Waals surface area contributed by atoms with E-state index in [1.807, 2.05) is 22.6 Å². The maximum atomic E-state index is 11.7. The minimum absolute atomic E-state index is 0.200. The van der Waals surface area contributed by atoms with Crippen molar-refractivity contribution < 1.29 is 14.3 Å². The SMILES string of the molecule is CCOC(=O)c1cc(C(=O)C(C)Cl)ccc1I. The Morgan fingerprint density at radius 2 is 2.12 bits per heavy atom. The smallest absolute Gasteiger partial charge is 0.339 e. The summed E-state index contributed by atoms with van der Waals surface area (Å²) in [6, 6.07) is 4.89. The number of hydrogen-bond donors (Lipinski definition) is 0. The van der Waals surface area contributed by atoms with Gasteiger partial charge in [0.25, 0.3) is 0 Å². The number of esters is 1. The molecule has 0 heterocycles. The average molecular weight is 367 g/mol. The van der Waals surface area contributed by atoms with Crippen LogP contribution in [0.4, 0.5) is 0 Å². The highest BCUT2D eigenvalue weighted by atomic mass is 127. The summed E-state index contributed by atoms with van der Waals surface area (Å²) in [6.07, 6.45) is 0. The lowest BCUT2D eigenvalue weighted by Crippen LogP contribution is -2.13. The lowest BCUT2D eigenvalue weighted by atomic mass is 10.1. The highest BCUT2D eigenvalue weighted by molar-refractivity contribution is 14.1. The normalized spacial score (nSPS) is 12.0. The van der Waals surface area contributed by atoms with E-state index >= 15 is 0 Å². The third-order valence-electron chi connectivity index (χ3n) is 2.11. The van der Waals surface area contributed by atoms with Crippen LogP contribution >= 0.6 is 34.2 Å². The summed E-state index contributed by atoms with van der Waals surface area (Å²) < 4.78 is 5.67. The molecule has 5 heteroatoms. The molecule has 1 rings (SSSR count). The largest absolute Gasteiger partial charge is 0.462 e. The molecule has 1 atom stereocenters. The van der Waals surface area contributed by atoms with Crippen LogP contribution in [0.5, 0.6) is 0 Å². The number of rotatable bonds is 4. The van der Waals surface area contributed by atoms with E-state index in [2.05, 4.69) is 0 Å². The van der Waals surface area contributed by atoms with Gasteiger partial charge >= 0.3 is 5.97 Å². The molecule has 3 nitrogen and oxygen atoms in total. The van der Waals surface area contributed by atoms with Gasteiger partial charge in [0.15, 0.2) is 5.78 Å². The van der Waals surface area contributed by atoms with E-state index in [1.54, 1.807) is 26.0 Å². The molecule has 0 aromatic heterocycles. The Kier molecular flexibility index (Phi) is 5.39. The topological polar surface area (TPSA) is 43.4 Å². The average Bonchev–Trinajstić information content (AvgIpc) is 2.28. The number of alkyl halides is 1. The van der Waals surface area contributed by atoms with Gasteiger partial charge in [-0.15, -0.1) is 11.6 Å². The highest BCUT2D eigenvalue weighted by Crippen LogP contribution is 2.18. The van der Waals surface area contributed by atoms with E-state index in [4.69, 9.17) is 16.3 Å². The summed E-state index contributed by atoms with van der Waals surface area (Å²) in [5, 5.41) is -0.606. The Balaban J connectivity index is 3.10. The first-order valence-electron chi connectivity index (χ1n) is 5.12. The van der Waals surface area contributed by atoms with Crippen molar-refractivity contribution in [3.63, 3.8) is 0 Å². The number of Topliss-reactive ketones (excluding diaryl/α,β-unsaturated/α-hetero) is 1. The second-order valence-electron chi connectivity index (χ2n) is 3.40. The van der Waals surface area contributed by atoms with Crippen molar-refractivity contribution in [2.45, 2.75) is 19.2 Å². The minimum atomic E-state index is -0.606. The summed E-state index contributed by atoms with van der Waals surface area (Å²) in [6.45, 7) is 3.64. The molecule has 0 bridgehead atoms. The summed E-state index contributed by atoms with van der Waals surface area (Å²) in [5.41, 5.74) is 0.826. The molecule has 0 aliphatic rings.